The van der Waals surface area contributed by atoms with Gasteiger partial charge in [-0.25, -0.2) is 14.8 Å². The maximum atomic E-state index is 12.7. The lowest BCUT2D eigenvalue weighted by Crippen LogP contribution is -2.42. The number of pyridine rings is 2. The van der Waals surface area contributed by atoms with Crippen LogP contribution in [0.4, 0.5) is 10.5 Å². The van der Waals surface area contributed by atoms with Crippen LogP contribution in [0.5, 0.6) is 11.6 Å². The molecule has 1 N–H and O–H groups in total. The second kappa shape index (κ2) is 9.96. The number of hydrogen-bond acceptors (Lipinski definition) is 5. The molecule has 0 saturated carbocycles. The van der Waals surface area contributed by atoms with E-state index in [0.717, 1.165) is 23.3 Å². The van der Waals surface area contributed by atoms with Gasteiger partial charge in [0.05, 0.1) is 11.9 Å². The maximum absolute atomic E-state index is 12.7. The van der Waals surface area contributed by atoms with Crippen LogP contribution in [-0.2, 0) is 0 Å². The predicted molar refractivity (Wildman–Crippen MR) is 127 cm³/mol. The number of benzene rings is 1. The highest BCUT2D eigenvalue weighted by Crippen LogP contribution is 2.27. The zero-order valence-corrected chi connectivity index (χ0v) is 18.7. The van der Waals surface area contributed by atoms with Crippen LogP contribution in [0, 0.1) is 24.2 Å². The van der Waals surface area contributed by atoms with Crippen LogP contribution in [-0.4, -0.2) is 34.0 Å². The molecule has 3 aromatic rings. The van der Waals surface area contributed by atoms with E-state index in [9.17, 15) is 4.79 Å². The quantitative estimate of drug-likeness (QED) is 0.587. The van der Waals surface area contributed by atoms with Crippen molar-refractivity contribution < 1.29 is 9.53 Å². The summed E-state index contributed by atoms with van der Waals surface area (Å²) in [6, 6.07) is 16.8. The first-order valence-electron chi connectivity index (χ1n) is 10.8. The zero-order valence-electron chi connectivity index (χ0n) is 18.7. The van der Waals surface area contributed by atoms with Crippen molar-refractivity contribution in [2.24, 2.45) is 5.92 Å². The topological polar surface area (TPSA) is 91.1 Å². The molecule has 0 radical (unpaired) electrons. The Kier molecular flexibility index (Phi) is 6.65. The zero-order chi connectivity index (χ0) is 23.2. The number of urea groups is 1. The molecular weight excluding hydrogens is 414 g/mol. The molecule has 1 fully saturated rings. The first kappa shape index (κ1) is 22.0. The summed E-state index contributed by atoms with van der Waals surface area (Å²) in [6.45, 7) is 5.38. The molecule has 1 aliphatic rings. The lowest BCUT2D eigenvalue weighted by atomic mass is 9.91. The lowest BCUT2D eigenvalue weighted by molar-refractivity contribution is 0.198. The normalized spacial score (nSPS) is 16.8. The number of piperidine rings is 1. The van der Waals surface area contributed by atoms with Crippen molar-refractivity contribution in [2.75, 3.05) is 18.4 Å². The molecule has 3 heterocycles. The number of anilines is 1. The number of amides is 2. The van der Waals surface area contributed by atoms with Crippen molar-refractivity contribution in [3.8, 4) is 17.7 Å². The summed E-state index contributed by atoms with van der Waals surface area (Å²) in [7, 11) is 0. The molecule has 1 atom stereocenters. The molecule has 7 heteroatoms. The molecule has 2 aromatic heterocycles. The van der Waals surface area contributed by atoms with E-state index in [1.807, 2.05) is 54.3 Å². The summed E-state index contributed by atoms with van der Waals surface area (Å²) in [5.41, 5.74) is 4.34. The Bertz CT molecular complexity index is 1200. The van der Waals surface area contributed by atoms with Gasteiger partial charge in [-0.05, 0) is 54.7 Å². The minimum atomic E-state index is -0.159. The van der Waals surface area contributed by atoms with Crippen LogP contribution in [0.1, 0.15) is 30.2 Å². The van der Waals surface area contributed by atoms with Gasteiger partial charge in [0.25, 0.3) is 0 Å². The van der Waals surface area contributed by atoms with E-state index in [-0.39, 0.29) is 11.9 Å². The van der Waals surface area contributed by atoms with Crippen LogP contribution in [0.3, 0.4) is 0 Å². The number of nitriles is 1. The van der Waals surface area contributed by atoms with Crippen molar-refractivity contribution in [1.29, 1.82) is 5.26 Å². The number of carbonyl (C=O) groups excluding carboxylic acids is 1. The summed E-state index contributed by atoms with van der Waals surface area (Å²) in [5.74, 6) is 1.53. The number of likely N-dealkylation sites (tertiary alicyclic amines) is 1. The van der Waals surface area contributed by atoms with Gasteiger partial charge in [-0.2, -0.15) is 5.26 Å². The van der Waals surface area contributed by atoms with Gasteiger partial charge in [0.15, 0.2) is 0 Å². The maximum Gasteiger partial charge on any atom is 0.321 e. The smallest absolute Gasteiger partial charge is 0.321 e. The average molecular weight is 440 g/mol. The monoisotopic (exact) mass is 439 g/mol. The highest BCUT2D eigenvalue weighted by Gasteiger charge is 2.24. The van der Waals surface area contributed by atoms with Crippen molar-refractivity contribution in [3.63, 3.8) is 0 Å². The van der Waals surface area contributed by atoms with Gasteiger partial charge in [0, 0.05) is 25.4 Å². The average Bonchev–Trinajstić information content (AvgIpc) is 2.82. The number of aromatic nitrogens is 2. The van der Waals surface area contributed by atoms with Crippen LogP contribution in [0.2, 0.25) is 0 Å². The fourth-order valence-electron chi connectivity index (χ4n) is 3.70. The Balaban J connectivity index is 1.38. The van der Waals surface area contributed by atoms with E-state index < -0.39 is 0 Å². The molecule has 7 nitrogen and oxygen atoms in total. The molecule has 1 aliphatic heterocycles. The molecule has 4 rings (SSSR count). The highest BCUT2D eigenvalue weighted by molar-refractivity contribution is 5.89. The van der Waals surface area contributed by atoms with Crippen molar-refractivity contribution in [2.45, 2.75) is 20.3 Å². The summed E-state index contributed by atoms with van der Waals surface area (Å²) in [6.07, 6.45) is 6.26. The van der Waals surface area contributed by atoms with Gasteiger partial charge < -0.3 is 15.0 Å². The fraction of sp³-hybridized carbons (Fsp3) is 0.231. The first-order chi connectivity index (χ1) is 16.0. The van der Waals surface area contributed by atoms with Crippen LogP contribution in [0.15, 0.2) is 66.5 Å². The molecule has 33 heavy (non-hydrogen) atoms. The van der Waals surface area contributed by atoms with Gasteiger partial charge in [-0.3, -0.25) is 0 Å². The number of rotatable bonds is 4. The molecule has 1 aromatic carbocycles. The van der Waals surface area contributed by atoms with Crippen LogP contribution < -0.4 is 10.1 Å². The summed E-state index contributed by atoms with van der Waals surface area (Å²) >= 11 is 0. The van der Waals surface area contributed by atoms with Crippen molar-refractivity contribution >= 4 is 17.8 Å². The van der Waals surface area contributed by atoms with Gasteiger partial charge in [0.1, 0.15) is 17.5 Å². The summed E-state index contributed by atoms with van der Waals surface area (Å²) in [5, 5.41) is 11.7. The molecule has 0 spiro atoms. The number of hydrogen-bond donors (Lipinski definition) is 1. The number of nitrogens with zero attached hydrogens (tertiary/aromatic N) is 4. The number of aryl methyl sites for hydroxylation is 1. The highest BCUT2D eigenvalue weighted by atomic mass is 16.5. The Morgan fingerprint density at radius 2 is 2.09 bits per heavy atom. The van der Waals surface area contributed by atoms with E-state index in [2.05, 4.69) is 28.3 Å². The Labute approximate surface area is 193 Å². The third kappa shape index (κ3) is 5.74. The Hall–Kier alpha value is -4.18. The van der Waals surface area contributed by atoms with E-state index in [1.54, 1.807) is 18.3 Å². The molecule has 0 bridgehead atoms. The Morgan fingerprint density at radius 1 is 1.21 bits per heavy atom. The van der Waals surface area contributed by atoms with Crippen molar-refractivity contribution in [1.82, 2.24) is 14.9 Å². The number of ether oxygens (including phenoxy) is 1. The summed E-state index contributed by atoms with van der Waals surface area (Å²) < 4.78 is 5.89. The minimum absolute atomic E-state index is 0.159. The molecular formula is C26H25N5O2. The van der Waals surface area contributed by atoms with Gasteiger partial charge in [-0.15, -0.1) is 0 Å². The lowest BCUT2D eigenvalue weighted by Gasteiger charge is -2.33. The van der Waals surface area contributed by atoms with E-state index >= 15 is 0 Å². The third-order valence-corrected chi connectivity index (χ3v) is 5.53. The van der Waals surface area contributed by atoms with Crippen LogP contribution >= 0.6 is 0 Å². The van der Waals surface area contributed by atoms with E-state index in [0.29, 0.717) is 30.4 Å². The third-order valence-electron chi connectivity index (χ3n) is 5.53. The van der Waals surface area contributed by atoms with Crippen molar-refractivity contribution in [3.05, 3.63) is 83.3 Å². The largest absolute Gasteiger partial charge is 0.439 e. The molecule has 1 saturated heterocycles. The predicted octanol–water partition coefficient (Wildman–Crippen LogP) is 5.41. The van der Waals surface area contributed by atoms with Gasteiger partial charge in [-0.1, -0.05) is 36.8 Å². The van der Waals surface area contributed by atoms with Crippen LogP contribution in [0.25, 0.3) is 6.08 Å². The molecule has 166 valence electrons. The second-order valence-corrected chi connectivity index (χ2v) is 8.14. The van der Waals surface area contributed by atoms with E-state index in [4.69, 9.17) is 10.00 Å². The second-order valence-electron chi connectivity index (χ2n) is 8.14. The first-order valence-corrected chi connectivity index (χ1v) is 10.8. The molecule has 1 unspecified atom stereocenters. The summed E-state index contributed by atoms with van der Waals surface area (Å²) in [4.78, 5) is 22.7. The fourth-order valence-corrected chi connectivity index (χ4v) is 3.70. The molecule has 2 amide bonds. The molecule has 0 aliphatic carbocycles. The van der Waals surface area contributed by atoms with Gasteiger partial charge >= 0.3 is 6.03 Å². The van der Waals surface area contributed by atoms with E-state index in [1.165, 1.54) is 11.8 Å². The minimum Gasteiger partial charge on any atom is -0.439 e. The van der Waals surface area contributed by atoms with Gasteiger partial charge in [0.2, 0.25) is 5.88 Å². The number of carbonyl (C=O) groups is 1. The SMILES string of the molecule is Cc1ccc(Oc2cccc(/C=C3\CCN(C(=O)Nc4ccc(C#N)nc4)CC3C)c2)nc1. The number of nitrogens with one attached hydrogen (secondary N) is 1. The Morgan fingerprint density at radius 3 is 2.79 bits per heavy atom. The standard InChI is InChI=1S/C26H25N5O2/c1-18-6-9-25(29-15-18)33-24-5-3-4-20(13-24)12-21-10-11-31(17-19(21)2)26(32)30-23-8-7-22(14-27)28-16-23/h3-9,12-13,15-16,19H,10-11,17H2,1-2H3,(H,30,32)/b21-12+.